The number of rotatable bonds is 7. The molecule has 0 saturated heterocycles. The molecule has 2 rings (SSSR count). The van der Waals surface area contributed by atoms with E-state index < -0.39 is 23.8 Å². The van der Waals surface area contributed by atoms with E-state index in [1.54, 1.807) is 38.3 Å². The number of nitrogens with zero attached hydrogens (tertiary/aromatic N) is 2. The van der Waals surface area contributed by atoms with Crippen molar-refractivity contribution in [1.82, 2.24) is 20.7 Å². The van der Waals surface area contributed by atoms with E-state index in [2.05, 4.69) is 15.6 Å². The molecule has 2 aromatic rings. The van der Waals surface area contributed by atoms with Gasteiger partial charge in [0.15, 0.2) is 11.2 Å². The van der Waals surface area contributed by atoms with Crippen LogP contribution in [0.3, 0.4) is 0 Å². The minimum Gasteiger partial charge on any atom is -0.528 e. The number of hydrogen-bond donors (Lipinski definition) is 3. The van der Waals surface area contributed by atoms with Gasteiger partial charge in [-0.3, -0.25) is 4.79 Å². The molecule has 0 radical (unpaired) electrons. The molecule has 1 aromatic heterocycles. The van der Waals surface area contributed by atoms with Crippen LogP contribution in [0.1, 0.15) is 39.0 Å². The van der Waals surface area contributed by atoms with E-state index in [1.807, 2.05) is 17.6 Å². The number of carbonyl (C=O) groups is 4. The largest absolute Gasteiger partial charge is 0.528 e. The molecule has 0 atom stereocenters. The highest BCUT2D eigenvalue weighted by Gasteiger charge is 2.24. The molecule has 0 aliphatic rings. The summed E-state index contributed by atoms with van der Waals surface area (Å²) in [5.74, 6) is 0.425. The second kappa shape index (κ2) is 11.8. The lowest BCUT2D eigenvalue weighted by Gasteiger charge is -2.27. The van der Waals surface area contributed by atoms with Gasteiger partial charge >= 0.3 is 12.1 Å². The van der Waals surface area contributed by atoms with Crippen LogP contribution >= 0.6 is 11.3 Å². The number of carboxylic acid groups (broad SMARTS) is 1. The van der Waals surface area contributed by atoms with E-state index in [0.29, 0.717) is 23.0 Å². The molecule has 0 fully saturated rings. The van der Waals surface area contributed by atoms with Gasteiger partial charge in [0, 0.05) is 18.8 Å². The SMILES string of the molecule is CC(=O)Nc1nc(COc2ccc(CCNC(=O)NN(C(=O)[O-])C(=O)OC(C)(C)C)cc2)cs1. The van der Waals surface area contributed by atoms with E-state index in [1.165, 1.54) is 18.3 Å². The summed E-state index contributed by atoms with van der Waals surface area (Å²) >= 11 is 1.31. The van der Waals surface area contributed by atoms with Crippen LogP contribution in [0.2, 0.25) is 0 Å². The zero-order valence-electron chi connectivity index (χ0n) is 19.2. The highest BCUT2D eigenvalue weighted by Crippen LogP contribution is 2.18. The third-order valence-electron chi connectivity index (χ3n) is 3.82. The Hall–Kier alpha value is -3.87. The fraction of sp³-hybridized carbons (Fsp3) is 0.381. The molecule has 0 aliphatic heterocycles. The van der Waals surface area contributed by atoms with Crippen molar-refractivity contribution in [3.8, 4) is 5.75 Å². The Morgan fingerprint density at radius 3 is 2.41 bits per heavy atom. The molecule has 0 aliphatic carbocycles. The molecule has 34 heavy (non-hydrogen) atoms. The summed E-state index contributed by atoms with van der Waals surface area (Å²) in [5, 5.41) is 18.4. The van der Waals surface area contributed by atoms with Gasteiger partial charge in [-0.15, -0.1) is 11.3 Å². The zero-order chi connectivity index (χ0) is 25.3. The van der Waals surface area contributed by atoms with Crippen molar-refractivity contribution in [3.05, 3.63) is 40.9 Å². The van der Waals surface area contributed by atoms with Crippen molar-refractivity contribution in [2.75, 3.05) is 11.9 Å². The van der Waals surface area contributed by atoms with Crippen molar-refractivity contribution in [1.29, 1.82) is 0 Å². The second-order valence-electron chi connectivity index (χ2n) is 7.96. The summed E-state index contributed by atoms with van der Waals surface area (Å²) in [6, 6.07) is 6.24. The van der Waals surface area contributed by atoms with Gasteiger partial charge in [-0.2, -0.15) is 5.01 Å². The molecular formula is C21H26N5O7S-. The normalized spacial score (nSPS) is 10.7. The van der Waals surface area contributed by atoms with E-state index >= 15 is 0 Å². The van der Waals surface area contributed by atoms with Crippen LogP contribution < -0.4 is 25.9 Å². The number of hydrazine groups is 1. The van der Waals surface area contributed by atoms with Gasteiger partial charge in [0.05, 0.1) is 5.69 Å². The average Bonchev–Trinajstić information content (AvgIpc) is 3.16. The number of ether oxygens (including phenoxy) is 2. The van der Waals surface area contributed by atoms with E-state index in [-0.39, 0.29) is 24.1 Å². The highest BCUT2D eigenvalue weighted by molar-refractivity contribution is 7.13. The van der Waals surface area contributed by atoms with Crippen LogP contribution in [0.4, 0.5) is 19.5 Å². The number of carbonyl (C=O) groups excluding carboxylic acids is 4. The van der Waals surface area contributed by atoms with Gasteiger partial charge < -0.3 is 30.0 Å². The Labute approximate surface area is 200 Å². The Kier molecular flexibility index (Phi) is 9.18. The minimum absolute atomic E-state index is 0.0335. The third-order valence-corrected chi connectivity index (χ3v) is 4.62. The van der Waals surface area contributed by atoms with Crippen LogP contribution in [-0.4, -0.2) is 46.3 Å². The lowest BCUT2D eigenvalue weighted by atomic mass is 10.1. The lowest BCUT2D eigenvalue weighted by molar-refractivity contribution is -0.265. The van der Waals surface area contributed by atoms with Gasteiger partial charge in [0.2, 0.25) is 5.91 Å². The quantitative estimate of drug-likeness (QED) is 0.495. The molecule has 0 spiro atoms. The maximum absolute atomic E-state index is 11.9. The first-order valence-corrected chi connectivity index (χ1v) is 11.0. The number of thiazole rings is 1. The number of amides is 5. The Morgan fingerprint density at radius 1 is 1.15 bits per heavy atom. The lowest BCUT2D eigenvalue weighted by Crippen LogP contribution is -2.58. The summed E-state index contributed by atoms with van der Waals surface area (Å²) in [6.45, 7) is 6.48. The van der Waals surface area contributed by atoms with Gasteiger partial charge in [-0.1, -0.05) is 12.1 Å². The number of nitrogens with one attached hydrogen (secondary N) is 3. The Morgan fingerprint density at radius 2 is 1.82 bits per heavy atom. The highest BCUT2D eigenvalue weighted by atomic mass is 32.1. The molecular weight excluding hydrogens is 466 g/mol. The predicted octanol–water partition coefficient (Wildman–Crippen LogP) is 2.02. The minimum atomic E-state index is -1.93. The molecule has 0 saturated carbocycles. The van der Waals surface area contributed by atoms with E-state index in [0.717, 1.165) is 5.56 Å². The summed E-state index contributed by atoms with van der Waals surface area (Å²) < 4.78 is 10.6. The van der Waals surface area contributed by atoms with Gasteiger partial charge in [0.25, 0.3) is 0 Å². The van der Waals surface area contributed by atoms with Crippen LogP contribution in [0, 0.1) is 0 Å². The molecule has 1 aromatic carbocycles. The standard InChI is InChI=1S/C21H27N5O7S/c1-13(27)23-18-24-15(12-34-18)11-32-16-7-5-14(6-8-16)9-10-22-17(28)25-26(19(29)30)20(31)33-21(2,3)4/h5-8,12H,9-11H2,1-4H3,(H,29,30)(H2,22,25,28)(H,23,24,27)/p-1. The summed E-state index contributed by atoms with van der Waals surface area (Å²) in [5.41, 5.74) is 2.50. The molecule has 0 bridgehead atoms. The zero-order valence-corrected chi connectivity index (χ0v) is 20.0. The monoisotopic (exact) mass is 492 g/mol. The number of urea groups is 1. The van der Waals surface area contributed by atoms with Crippen LogP contribution in [-0.2, 0) is 22.6 Å². The molecule has 5 amide bonds. The fourth-order valence-corrected chi connectivity index (χ4v) is 3.17. The van der Waals surface area contributed by atoms with Gasteiger partial charge in [-0.05, 0) is 44.9 Å². The molecule has 0 unspecified atom stereocenters. The van der Waals surface area contributed by atoms with Crippen molar-refractivity contribution in [3.63, 3.8) is 0 Å². The van der Waals surface area contributed by atoms with Crippen LogP contribution in [0.5, 0.6) is 5.75 Å². The maximum atomic E-state index is 11.9. The Bertz CT molecular complexity index is 1020. The van der Waals surface area contributed by atoms with Crippen molar-refractivity contribution in [2.45, 2.75) is 46.3 Å². The van der Waals surface area contributed by atoms with E-state index in [9.17, 15) is 24.3 Å². The number of benzene rings is 1. The van der Waals surface area contributed by atoms with Crippen molar-refractivity contribution >= 4 is 40.6 Å². The molecule has 3 N–H and O–H groups in total. The first-order chi connectivity index (χ1) is 15.9. The van der Waals surface area contributed by atoms with Crippen LogP contribution in [0.15, 0.2) is 29.6 Å². The molecule has 13 heteroatoms. The number of anilines is 1. The van der Waals surface area contributed by atoms with Crippen molar-refractivity contribution < 1.29 is 33.8 Å². The van der Waals surface area contributed by atoms with Crippen molar-refractivity contribution in [2.24, 2.45) is 0 Å². The van der Waals surface area contributed by atoms with E-state index in [4.69, 9.17) is 9.47 Å². The Balaban J connectivity index is 1.76. The smallest absolute Gasteiger partial charge is 0.435 e. The summed E-state index contributed by atoms with van der Waals surface area (Å²) in [6.07, 6.45) is -2.76. The predicted molar refractivity (Wildman–Crippen MR) is 121 cm³/mol. The third kappa shape index (κ3) is 9.32. The first kappa shape index (κ1) is 26.4. The number of aromatic nitrogens is 1. The summed E-state index contributed by atoms with van der Waals surface area (Å²) in [7, 11) is 0. The number of hydrogen-bond acceptors (Lipinski definition) is 9. The maximum Gasteiger partial charge on any atom is 0.435 e. The number of imide groups is 1. The molecule has 1 heterocycles. The van der Waals surface area contributed by atoms with Gasteiger partial charge in [-0.25, -0.2) is 20.0 Å². The molecule has 12 nitrogen and oxygen atoms in total. The average molecular weight is 493 g/mol. The topological polar surface area (TPSA) is 162 Å². The summed E-state index contributed by atoms with van der Waals surface area (Å²) in [4.78, 5) is 50.2. The fourth-order valence-electron chi connectivity index (χ4n) is 2.43. The first-order valence-electron chi connectivity index (χ1n) is 10.2. The van der Waals surface area contributed by atoms with Crippen LogP contribution in [0.25, 0.3) is 0 Å². The second-order valence-corrected chi connectivity index (χ2v) is 8.82. The van der Waals surface area contributed by atoms with Gasteiger partial charge in [0.1, 0.15) is 18.0 Å². The molecule has 184 valence electrons.